The lowest BCUT2D eigenvalue weighted by Gasteiger charge is -2.07. The molecule has 0 aromatic rings. The van der Waals surface area contributed by atoms with E-state index < -0.39 is 0 Å². The summed E-state index contributed by atoms with van der Waals surface area (Å²) in [6.45, 7) is 6.86. The zero-order chi connectivity index (χ0) is 7.28. The molecule has 0 saturated carbocycles. The van der Waals surface area contributed by atoms with Gasteiger partial charge < -0.3 is 5.32 Å². The van der Waals surface area contributed by atoms with Crippen molar-refractivity contribution < 1.29 is 0 Å². The summed E-state index contributed by atoms with van der Waals surface area (Å²) >= 11 is 0. The maximum atomic E-state index is 8.36. The van der Waals surface area contributed by atoms with Crippen LogP contribution in [-0.4, -0.2) is 12.6 Å². The second-order valence-electron chi connectivity index (χ2n) is 2.59. The highest BCUT2D eigenvalue weighted by molar-refractivity contribution is 4.80. The molecule has 1 atom stereocenters. The van der Waals surface area contributed by atoms with Gasteiger partial charge in [0.15, 0.2) is 0 Å². The molecule has 0 rings (SSSR count). The summed E-state index contributed by atoms with van der Waals surface area (Å²) in [5.74, 6) is 0.132. The Labute approximate surface area is 56.9 Å². The first-order valence-corrected chi connectivity index (χ1v) is 3.29. The van der Waals surface area contributed by atoms with E-state index in [0.29, 0.717) is 6.04 Å². The predicted molar refractivity (Wildman–Crippen MR) is 37.9 cm³/mol. The predicted octanol–water partition coefficient (Wildman–Crippen LogP) is 1.14. The standard InChI is InChI=1S/C7H14N2/c1-6(2)9-5-7(3)4-8/h6-7,9H,5H2,1-3H3/t7-/m1/s1. The molecular formula is C7H14N2. The van der Waals surface area contributed by atoms with Gasteiger partial charge in [0.2, 0.25) is 0 Å². The lowest BCUT2D eigenvalue weighted by Crippen LogP contribution is -2.27. The van der Waals surface area contributed by atoms with E-state index in [9.17, 15) is 0 Å². The first-order chi connectivity index (χ1) is 4.16. The molecule has 1 N–H and O–H groups in total. The number of hydrogen-bond donors (Lipinski definition) is 1. The van der Waals surface area contributed by atoms with Gasteiger partial charge in [-0.15, -0.1) is 0 Å². The fraction of sp³-hybridized carbons (Fsp3) is 0.857. The Balaban J connectivity index is 3.19. The molecule has 2 heteroatoms. The van der Waals surface area contributed by atoms with Crippen LogP contribution in [-0.2, 0) is 0 Å². The van der Waals surface area contributed by atoms with Crippen LogP contribution in [0.2, 0.25) is 0 Å². The fourth-order valence-corrected chi connectivity index (χ4v) is 0.458. The smallest absolute Gasteiger partial charge is 0.0666 e. The summed E-state index contributed by atoms with van der Waals surface area (Å²) in [6.07, 6.45) is 0. The summed E-state index contributed by atoms with van der Waals surface area (Å²) < 4.78 is 0. The molecule has 0 saturated heterocycles. The topological polar surface area (TPSA) is 35.8 Å². The largest absolute Gasteiger partial charge is 0.313 e. The molecular weight excluding hydrogens is 112 g/mol. The monoisotopic (exact) mass is 126 g/mol. The lowest BCUT2D eigenvalue weighted by atomic mass is 10.2. The third-order valence-corrected chi connectivity index (χ3v) is 1.05. The summed E-state index contributed by atoms with van der Waals surface area (Å²) in [5.41, 5.74) is 0. The molecule has 0 fully saturated rings. The van der Waals surface area contributed by atoms with Crippen molar-refractivity contribution in [3.63, 3.8) is 0 Å². The van der Waals surface area contributed by atoms with Crippen LogP contribution >= 0.6 is 0 Å². The molecule has 0 aliphatic carbocycles. The van der Waals surface area contributed by atoms with Gasteiger partial charge >= 0.3 is 0 Å². The Morgan fingerprint density at radius 1 is 1.44 bits per heavy atom. The van der Waals surface area contributed by atoms with Crippen molar-refractivity contribution in [1.82, 2.24) is 5.32 Å². The van der Waals surface area contributed by atoms with Gasteiger partial charge in [0.25, 0.3) is 0 Å². The van der Waals surface area contributed by atoms with Crippen LogP contribution < -0.4 is 5.32 Å². The van der Waals surface area contributed by atoms with E-state index in [2.05, 4.69) is 25.2 Å². The molecule has 52 valence electrons. The molecule has 0 unspecified atom stereocenters. The van der Waals surface area contributed by atoms with Gasteiger partial charge in [-0.1, -0.05) is 13.8 Å². The average molecular weight is 126 g/mol. The Morgan fingerprint density at radius 2 is 2.00 bits per heavy atom. The molecule has 0 radical (unpaired) electrons. The van der Waals surface area contributed by atoms with Gasteiger partial charge in [-0.2, -0.15) is 5.26 Å². The summed E-state index contributed by atoms with van der Waals surface area (Å²) in [6, 6.07) is 2.64. The quantitative estimate of drug-likeness (QED) is 0.615. The van der Waals surface area contributed by atoms with Crippen molar-refractivity contribution >= 4 is 0 Å². The van der Waals surface area contributed by atoms with Crippen LogP contribution in [0.15, 0.2) is 0 Å². The van der Waals surface area contributed by atoms with Crippen molar-refractivity contribution in [2.75, 3.05) is 6.54 Å². The highest BCUT2D eigenvalue weighted by atomic mass is 14.9. The molecule has 0 aliphatic heterocycles. The number of rotatable bonds is 3. The maximum Gasteiger partial charge on any atom is 0.0666 e. The fourth-order valence-electron chi connectivity index (χ4n) is 0.458. The van der Waals surface area contributed by atoms with Gasteiger partial charge in [-0.25, -0.2) is 0 Å². The van der Waals surface area contributed by atoms with E-state index in [1.165, 1.54) is 0 Å². The van der Waals surface area contributed by atoms with Crippen LogP contribution in [0.25, 0.3) is 0 Å². The molecule has 0 spiro atoms. The Hall–Kier alpha value is -0.550. The van der Waals surface area contributed by atoms with Crippen molar-refractivity contribution in [2.24, 2.45) is 5.92 Å². The summed E-state index contributed by atoms with van der Waals surface area (Å²) in [5, 5.41) is 11.5. The van der Waals surface area contributed by atoms with Gasteiger partial charge in [0.1, 0.15) is 0 Å². The second kappa shape index (κ2) is 4.34. The summed E-state index contributed by atoms with van der Waals surface area (Å²) in [7, 11) is 0. The van der Waals surface area contributed by atoms with E-state index in [0.717, 1.165) is 6.54 Å². The van der Waals surface area contributed by atoms with Crippen molar-refractivity contribution in [2.45, 2.75) is 26.8 Å². The van der Waals surface area contributed by atoms with Crippen molar-refractivity contribution in [3.8, 4) is 6.07 Å². The first kappa shape index (κ1) is 8.45. The normalized spacial score (nSPS) is 13.2. The van der Waals surface area contributed by atoms with E-state index in [4.69, 9.17) is 5.26 Å². The van der Waals surface area contributed by atoms with Crippen molar-refractivity contribution in [3.05, 3.63) is 0 Å². The summed E-state index contributed by atoms with van der Waals surface area (Å²) in [4.78, 5) is 0. The molecule has 0 bridgehead atoms. The van der Waals surface area contributed by atoms with E-state index >= 15 is 0 Å². The lowest BCUT2D eigenvalue weighted by molar-refractivity contribution is 0.538. The van der Waals surface area contributed by atoms with Crippen LogP contribution in [0.4, 0.5) is 0 Å². The van der Waals surface area contributed by atoms with Crippen LogP contribution in [0.5, 0.6) is 0 Å². The van der Waals surface area contributed by atoms with Crippen molar-refractivity contribution in [1.29, 1.82) is 5.26 Å². The number of nitrogens with one attached hydrogen (secondary N) is 1. The minimum absolute atomic E-state index is 0.132. The molecule has 9 heavy (non-hydrogen) atoms. The Morgan fingerprint density at radius 3 is 2.33 bits per heavy atom. The van der Waals surface area contributed by atoms with Gasteiger partial charge in [-0.3, -0.25) is 0 Å². The number of hydrogen-bond acceptors (Lipinski definition) is 2. The van der Waals surface area contributed by atoms with E-state index in [-0.39, 0.29) is 5.92 Å². The molecule has 0 heterocycles. The Kier molecular flexibility index (Phi) is 4.08. The number of nitriles is 1. The first-order valence-electron chi connectivity index (χ1n) is 3.29. The SMILES string of the molecule is CC(C)NC[C@H](C)C#N. The van der Waals surface area contributed by atoms with Crippen LogP contribution in [0, 0.1) is 17.2 Å². The van der Waals surface area contributed by atoms with Crippen LogP contribution in [0.1, 0.15) is 20.8 Å². The zero-order valence-corrected chi connectivity index (χ0v) is 6.31. The molecule has 2 nitrogen and oxygen atoms in total. The average Bonchev–Trinajstić information content (AvgIpc) is 1.83. The highest BCUT2D eigenvalue weighted by Crippen LogP contribution is 1.88. The molecule has 0 aromatic heterocycles. The molecule has 0 amide bonds. The Bertz CT molecular complexity index is 102. The highest BCUT2D eigenvalue weighted by Gasteiger charge is 1.98. The molecule has 0 aliphatic rings. The van der Waals surface area contributed by atoms with Gasteiger partial charge in [0, 0.05) is 12.6 Å². The van der Waals surface area contributed by atoms with E-state index in [1.807, 2.05) is 6.92 Å². The number of nitrogens with zero attached hydrogens (tertiary/aromatic N) is 1. The van der Waals surface area contributed by atoms with Gasteiger partial charge in [-0.05, 0) is 6.92 Å². The van der Waals surface area contributed by atoms with E-state index in [1.54, 1.807) is 0 Å². The minimum Gasteiger partial charge on any atom is -0.313 e. The minimum atomic E-state index is 0.132. The zero-order valence-electron chi connectivity index (χ0n) is 6.31. The second-order valence-corrected chi connectivity index (χ2v) is 2.59. The third-order valence-electron chi connectivity index (χ3n) is 1.05. The molecule has 0 aromatic carbocycles. The third kappa shape index (κ3) is 5.32. The maximum absolute atomic E-state index is 8.36. The van der Waals surface area contributed by atoms with Gasteiger partial charge in [0.05, 0.1) is 12.0 Å². The van der Waals surface area contributed by atoms with Crippen LogP contribution in [0.3, 0.4) is 0 Å².